The second-order valence-corrected chi connectivity index (χ2v) is 13.3. The van der Waals surface area contributed by atoms with E-state index in [0.29, 0.717) is 24.8 Å². The monoisotopic (exact) mass is 618 g/mol. The first kappa shape index (κ1) is 30.9. The lowest BCUT2D eigenvalue weighted by Gasteiger charge is -2.70. The van der Waals surface area contributed by atoms with E-state index in [2.05, 4.69) is 16.9 Å². The van der Waals surface area contributed by atoms with E-state index in [4.69, 9.17) is 23.7 Å². The number of cyclic esters (lactones) is 1. The molecule has 2 saturated heterocycles. The van der Waals surface area contributed by atoms with Crippen LogP contribution in [0.1, 0.15) is 81.0 Å². The van der Waals surface area contributed by atoms with Crippen LogP contribution in [-0.2, 0) is 33.3 Å². The molecule has 1 spiro atoms. The van der Waals surface area contributed by atoms with Gasteiger partial charge in [0.2, 0.25) is 0 Å². The third kappa shape index (κ3) is 4.92. The number of carbonyl (C=O) groups is 4. The van der Waals surface area contributed by atoms with E-state index in [1.54, 1.807) is 36.7 Å². The molecule has 2 aromatic heterocycles. The molecule has 0 amide bonds. The van der Waals surface area contributed by atoms with Crippen LogP contribution in [0.5, 0.6) is 0 Å². The summed E-state index contributed by atoms with van der Waals surface area (Å²) in [6, 6.07) is 6.54. The van der Waals surface area contributed by atoms with E-state index >= 15 is 0 Å². The van der Waals surface area contributed by atoms with Crippen molar-refractivity contribution in [3.8, 4) is 0 Å². The molecule has 3 fully saturated rings. The Balaban J connectivity index is 1.51. The average Bonchev–Trinajstić information content (AvgIpc) is 3.38. The van der Waals surface area contributed by atoms with Gasteiger partial charge in [0.05, 0.1) is 17.5 Å². The molecule has 0 bridgehead atoms. The van der Waals surface area contributed by atoms with Crippen molar-refractivity contribution >= 4 is 23.9 Å². The van der Waals surface area contributed by atoms with Crippen molar-refractivity contribution in [2.24, 2.45) is 16.7 Å². The minimum absolute atomic E-state index is 0.0475. The molecule has 8 atom stereocenters. The van der Waals surface area contributed by atoms with Gasteiger partial charge < -0.3 is 23.7 Å². The van der Waals surface area contributed by atoms with Crippen molar-refractivity contribution in [1.82, 2.24) is 9.97 Å². The SMILES string of the molecule is CC(=O)OC1C(OC(=O)c2cccnc2)C2(C)C(C)=CCC(OC(=O)c3cccnc3)C2C2(C)CCC3(COC(=O)C3)OC12C. The minimum atomic E-state index is -1.30. The Hall–Kier alpha value is -4.12. The van der Waals surface area contributed by atoms with Crippen molar-refractivity contribution in [2.45, 2.75) is 89.8 Å². The van der Waals surface area contributed by atoms with Crippen LogP contribution >= 0.6 is 0 Å². The van der Waals surface area contributed by atoms with Crippen LogP contribution in [0.2, 0.25) is 0 Å². The fraction of sp³-hybridized carbons (Fsp3) is 0.529. The van der Waals surface area contributed by atoms with Gasteiger partial charge >= 0.3 is 23.9 Å². The first-order valence-corrected chi connectivity index (χ1v) is 15.3. The maximum Gasteiger partial charge on any atom is 0.340 e. The lowest BCUT2D eigenvalue weighted by Crippen LogP contribution is -2.78. The molecule has 0 N–H and O–H groups in total. The van der Waals surface area contributed by atoms with E-state index in [9.17, 15) is 19.2 Å². The number of ether oxygens (including phenoxy) is 5. The average molecular weight is 619 g/mol. The van der Waals surface area contributed by atoms with Gasteiger partial charge in [0.25, 0.3) is 0 Å². The Labute approximate surface area is 261 Å². The fourth-order valence-electron chi connectivity index (χ4n) is 8.37. The predicted molar refractivity (Wildman–Crippen MR) is 158 cm³/mol. The third-order valence-corrected chi connectivity index (χ3v) is 10.8. The summed E-state index contributed by atoms with van der Waals surface area (Å²) in [5.74, 6) is -2.58. The quantitative estimate of drug-likeness (QED) is 0.267. The molecule has 8 unspecified atom stereocenters. The molecule has 238 valence electrons. The second kappa shape index (κ2) is 11.0. The third-order valence-electron chi connectivity index (χ3n) is 10.8. The number of esters is 4. The summed E-state index contributed by atoms with van der Waals surface area (Å²) in [5, 5.41) is 0. The van der Waals surface area contributed by atoms with E-state index in [-0.39, 0.29) is 24.6 Å². The molecule has 4 heterocycles. The molecule has 2 aliphatic carbocycles. The van der Waals surface area contributed by atoms with Gasteiger partial charge in [-0.05, 0) is 51.0 Å². The molecular weight excluding hydrogens is 580 g/mol. The van der Waals surface area contributed by atoms with Crippen LogP contribution in [0.3, 0.4) is 0 Å². The van der Waals surface area contributed by atoms with Crippen molar-refractivity contribution < 1.29 is 42.9 Å². The highest BCUT2D eigenvalue weighted by Gasteiger charge is 2.76. The summed E-state index contributed by atoms with van der Waals surface area (Å²) in [7, 11) is 0. The lowest BCUT2D eigenvalue weighted by atomic mass is 9.41. The first-order valence-electron chi connectivity index (χ1n) is 15.3. The molecule has 2 aromatic rings. The normalized spacial score (nSPS) is 37.0. The van der Waals surface area contributed by atoms with E-state index < -0.39 is 64.2 Å². The highest BCUT2D eigenvalue weighted by atomic mass is 16.6. The molecule has 11 nitrogen and oxygen atoms in total. The number of carbonyl (C=O) groups excluding carboxylic acids is 4. The zero-order valence-electron chi connectivity index (χ0n) is 26.1. The number of rotatable bonds is 5. The number of hydrogen-bond donors (Lipinski definition) is 0. The Morgan fingerprint density at radius 2 is 1.56 bits per heavy atom. The van der Waals surface area contributed by atoms with E-state index in [1.807, 2.05) is 26.8 Å². The molecule has 11 heteroatoms. The Morgan fingerprint density at radius 3 is 2.11 bits per heavy atom. The Bertz CT molecular complexity index is 1550. The molecule has 45 heavy (non-hydrogen) atoms. The van der Waals surface area contributed by atoms with Crippen molar-refractivity contribution in [3.05, 3.63) is 71.8 Å². The number of pyridine rings is 2. The van der Waals surface area contributed by atoms with Gasteiger partial charge in [-0.25, -0.2) is 9.59 Å². The summed E-state index contributed by atoms with van der Waals surface area (Å²) in [6.07, 6.45) is 6.67. The van der Waals surface area contributed by atoms with Gasteiger partial charge in [-0.15, -0.1) is 0 Å². The molecular formula is C34H38N2O9. The van der Waals surface area contributed by atoms with Gasteiger partial charge in [-0.3, -0.25) is 19.6 Å². The Kier molecular flexibility index (Phi) is 7.58. The summed E-state index contributed by atoms with van der Waals surface area (Å²) < 4.78 is 31.2. The highest BCUT2D eigenvalue weighted by molar-refractivity contribution is 5.89. The van der Waals surface area contributed by atoms with Gasteiger partial charge in [-0.1, -0.05) is 25.5 Å². The predicted octanol–water partition coefficient (Wildman–Crippen LogP) is 4.41. The van der Waals surface area contributed by atoms with Crippen molar-refractivity contribution in [2.75, 3.05) is 6.61 Å². The van der Waals surface area contributed by atoms with Crippen LogP contribution in [0.25, 0.3) is 0 Å². The zero-order valence-corrected chi connectivity index (χ0v) is 26.1. The minimum Gasteiger partial charge on any atom is -0.463 e. The zero-order chi connectivity index (χ0) is 32.2. The summed E-state index contributed by atoms with van der Waals surface area (Å²) in [6.45, 7) is 9.20. The van der Waals surface area contributed by atoms with Gasteiger partial charge in [0.1, 0.15) is 23.9 Å². The van der Waals surface area contributed by atoms with Crippen LogP contribution in [0.15, 0.2) is 60.7 Å². The maximum absolute atomic E-state index is 13.7. The summed E-state index contributed by atoms with van der Waals surface area (Å²) in [4.78, 5) is 60.5. The van der Waals surface area contributed by atoms with Crippen LogP contribution in [0.4, 0.5) is 0 Å². The molecule has 0 radical (unpaired) electrons. The number of nitrogens with zero attached hydrogens (tertiary/aromatic N) is 2. The number of fused-ring (bicyclic) bond motifs is 3. The van der Waals surface area contributed by atoms with Crippen LogP contribution in [-0.4, -0.2) is 70.0 Å². The highest BCUT2D eigenvalue weighted by Crippen LogP contribution is 2.68. The smallest absolute Gasteiger partial charge is 0.340 e. The second-order valence-electron chi connectivity index (χ2n) is 13.3. The fourth-order valence-corrected chi connectivity index (χ4v) is 8.37. The Morgan fingerprint density at radius 1 is 0.911 bits per heavy atom. The van der Waals surface area contributed by atoms with E-state index in [0.717, 1.165) is 5.57 Å². The summed E-state index contributed by atoms with van der Waals surface area (Å²) in [5.41, 5.74) is -2.57. The van der Waals surface area contributed by atoms with Gasteiger partial charge in [-0.2, -0.15) is 0 Å². The molecule has 1 saturated carbocycles. The largest absolute Gasteiger partial charge is 0.463 e. The van der Waals surface area contributed by atoms with Gasteiger partial charge in [0, 0.05) is 54.9 Å². The van der Waals surface area contributed by atoms with Gasteiger partial charge in [0.15, 0.2) is 12.2 Å². The first-order chi connectivity index (χ1) is 21.3. The van der Waals surface area contributed by atoms with Crippen LogP contribution < -0.4 is 0 Å². The molecule has 0 aromatic carbocycles. The molecule has 4 aliphatic rings. The lowest BCUT2D eigenvalue weighted by molar-refractivity contribution is -0.347. The number of aromatic nitrogens is 2. The maximum atomic E-state index is 13.7. The standard InChI is InChI=1S/C34H38N2O9/c1-20-10-11-24(43-29(39)22-8-6-14-35-17-22)26-31(3)12-13-34(16-25(38)41-19-34)45-33(31,5)28(42-21(2)37)27(32(20,26)4)44-30(40)23-9-7-15-36-18-23/h6-10,14-15,17-18,24,26-28H,11-13,16,19H2,1-5H3. The topological polar surface area (TPSA) is 140 Å². The molecule has 2 aliphatic heterocycles. The molecule has 6 rings (SSSR count). The van der Waals surface area contributed by atoms with Crippen LogP contribution in [0, 0.1) is 16.7 Å². The van der Waals surface area contributed by atoms with E-state index in [1.165, 1.54) is 19.3 Å². The number of hydrogen-bond acceptors (Lipinski definition) is 11. The van der Waals surface area contributed by atoms with Crippen molar-refractivity contribution in [1.29, 1.82) is 0 Å². The summed E-state index contributed by atoms with van der Waals surface area (Å²) >= 11 is 0. The van der Waals surface area contributed by atoms with Crippen molar-refractivity contribution in [3.63, 3.8) is 0 Å².